The van der Waals surface area contributed by atoms with Gasteiger partial charge in [0, 0.05) is 11.2 Å². The van der Waals surface area contributed by atoms with Crippen LogP contribution in [-0.2, 0) is 11.0 Å². The minimum Gasteiger partial charge on any atom is -0.325 e. The van der Waals surface area contributed by atoms with Gasteiger partial charge in [-0.1, -0.05) is 29.4 Å². The molecule has 0 saturated carbocycles. The number of thioether (sulfide) groups is 1. The van der Waals surface area contributed by atoms with Gasteiger partial charge in [-0.2, -0.15) is 13.2 Å². The molecule has 0 fully saturated rings. The largest absolute Gasteiger partial charge is 0.418 e. The second-order valence-corrected chi connectivity index (χ2v) is 7.09. The zero-order valence-electron chi connectivity index (χ0n) is 13.3. The highest BCUT2D eigenvalue weighted by Crippen LogP contribution is 2.37. The Kier molecular flexibility index (Phi) is 5.10. The predicted molar refractivity (Wildman–Crippen MR) is 93.4 cm³/mol. The number of carbonyl (C=O) groups excluding carboxylic acids is 1. The Morgan fingerprint density at radius 1 is 1.27 bits per heavy atom. The molecule has 136 valence electrons. The molecular formula is C16H12ClF3N4OS. The van der Waals surface area contributed by atoms with Crippen molar-refractivity contribution in [3.05, 3.63) is 53.2 Å². The molecule has 2 aromatic heterocycles. The normalized spacial score (nSPS) is 13.0. The maximum atomic E-state index is 13.1. The zero-order chi connectivity index (χ0) is 18.9. The van der Waals surface area contributed by atoms with E-state index in [-0.39, 0.29) is 10.7 Å². The lowest BCUT2D eigenvalue weighted by molar-refractivity contribution is -0.137. The van der Waals surface area contributed by atoms with Gasteiger partial charge in [0.05, 0.1) is 16.5 Å². The van der Waals surface area contributed by atoms with Crippen molar-refractivity contribution < 1.29 is 18.0 Å². The molecule has 0 aliphatic carbocycles. The number of halogens is 4. The van der Waals surface area contributed by atoms with Crippen molar-refractivity contribution in [3.63, 3.8) is 0 Å². The van der Waals surface area contributed by atoms with Crippen molar-refractivity contribution in [2.75, 3.05) is 5.32 Å². The molecule has 1 atom stereocenters. The van der Waals surface area contributed by atoms with E-state index in [9.17, 15) is 18.0 Å². The second kappa shape index (κ2) is 7.16. The van der Waals surface area contributed by atoms with Crippen LogP contribution in [0.4, 0.5) is 18.9 Å². The van der Waals surface area contributed by atoms with E-state index >= 15 is 0 Å². The van der Waals surface area contributed by atoms with E-state index in [4.69, 9.17) is 11.6 Å². The SMILES string of the molecule is CC(Sc1nnc2ccccn12)C(=O)Nc1ccc(Cl)cc1C(F)(F)F. The molecule has 26 heavy (non-hydrogen) atoms. The van der Waals surface area contributed by atoms with E-state index < -0.39 is 22.9 Å². The summed E-state index contributed by atoms with van der Waals surface area (Å²) in [5, 5.41) is 9.98. The zero-order valence-corrected chi connectivity index (χ0v) is 14.9. The van der Waals surface area contributed by atoms with Crippen molar-refractivity contribution in [2.45, 2.75) is 23.5 Å². The summed E-state index contributed by atoms with van der Waals surface area (Å²) in [4.78, 5) is 12.3. The number of pyridine rings is 1. The Morgan fingerprint density at radius 2 is 2.04 bits per heavy atom. The molecule has 2 heterocycles. The quantitative estimate of drug-likeness (QED) is 0.654. The molecule has 0 aliphatic heterocycles. The van der Waals surface area contributed by atoms with E-state index in [1.54, 1.807) is 35.7 Å². The third-order valence-electron chi connectivity index (χ3n) is 3.48. The van der Waals surface area contributed by atoms with Gasteiger partial charge >= 0.3 is 6.18 Å². The highest BCUT2D eigenvalue weighted by Gasteiger charge is 2.34. The first-order chi connectivity index (χ1) is 12.3. The first-order valence-electron chi connectivity index (χ1n) is 7.40. The molecule has 5 nitrogen and oxygen atoms in total. The molecule has 0 aliphatic rings. The molecule has 0 spiro atoms. The number of fused-ring (bicyclic) bond motifs is 1. The fourth-order valence-electron chi connectivity index (χ4n) is 2.21. The number of hydrogen-bond acceptors (Lipinski definition) is 4. The van der Waals surface area contributed by atoms with Gasteiger partial charge in [0.15, 0.2) is 10.8 Å². The average Bonchev–Trinajstić information content (AvgIpc) is 2.98. The van der Waals surface area contributed by atoms with E-state index in [2.05, 4.69) is 15.5 Å². The topological polar surface area (TPSA) is 59.3 Å². The molecule has 1 aromatic carbocycles. The first-order valence-corrected chi connectivity index (χ1v) is 8.65. The number of nitrogens with zero attached hydrogens (tertiary/aromatic N) is 3. The minimum atomic E-state index is -4.63. The number of carbonyl (C=O) groups is 1. The Balaban J connectivity index is 1.78. The average molecular weight is 401 g/mol. The van der Waals surface area contributed by atoms with Crippen molar-refractivity contribution in [3.8, 4) is 0 Å². The molecule has 0 saturated heterocycles. The van der Waals surface area contributed by atoms with Gasteiger partial charge in [0.2, 0.25) is 5.91 Å². The summed E-state index contributed by atoms with van der Waals surface area (Å²) in [5.74, 6) is -0.587. The van der Waals surface area contributed by atoms with E-state index in [1.807, 2.05) is 0 Å². The summed E-state index contributed by atoms with van der Waals surface area (Å²) in [7, 11) is 0. The summed E-state index contributed by atoms with van der Waals surface area (Å²) in [6, 6.07) is 8.54. The lowest BCUT2D eigenvalue weighted by Crippen LogP contribution is -2.24. The van der Waals surface area contributed by atoms with Crippen LogP contribution in [0.3, 0.4) is 0 Å². The van der Waals surface area contributed by atoms with E-state index in [1.165, 1.54) is 6.07 Å². The summed E-state index contributed by atoms with van der Waals surface area (Å²) >= 11 is 6.73. The highest BCUT2D eigenvalue weighted by molar-refractivity contribution is 8.00. The van der Waals surface area contributed by atoms with Crippen LogP contribution in [0.25, 0.3) is 5.65 Å². The third-order valence-corrected chi connectivity index (χ3v) is 4.77. The summed E-state index contributed by atoms with van der Waals surface area (Å²) in [6.07, 6.45) is -2.89. The van der Waals surface area contributed by atoms with Gasteiger partial charge in [-0.05, 0) is 37.3 Å². The number of rotatable bonds is 4. The van der Waals surface area contributed by atoms with Crippen molar-refractivity contribution in [1.29, 1.82) is 0 Å². The van der Waals surface area contributed by atoms with Gasteiger partial charge in [0.25, 0.3) is 0 Å². The number of hydrogen-bond donors (Lipinski definition) is 1. The minimum absolute atomic E-state index is 0.0623. The molecule has 0 bridgehead atoms. The second-order valence-electron chi connectivity index (χ2n) is 5.35. The number of anilines is 1. The maximum Gasteiger partial charge on any atom is 0.418 e. The maximum absolute atomic E-state index is 13.1. The first kappa shape index (κ1) is 18.5. The number of aromatic nitrogens is 3. The molecule has 1 unspecified atom stereocenters. The Morgan fingerprint density at radius 3 is 2.77 bits per heavy atom. The van der Waals surface area contributed by atoms with Gasteiger partial charge in [-0.15, -0.1) is 10.2 Å². The van der Waals surface area contributed by atoms with Crippen LogP contribution in [0.2, 0.25) is 5.02 Å². The van der Waals surface area contributed by atoms with E-state index in [0.717, 1.165) is 23.9 Å². The number of nitrogens with one attached hydrogen (secondary N) is 1. The van der Waals surface area contributed by atoms with Gasteiger partial charge in [-0.25, -0.2) is 0 Å². The fourth-order valence-corrected chi connectivity index (χ4v) is 3.22. The number of alkyl halides is 3. The van der Waals surface area contributed by atoms with Gasteiger partial charge in [-0.3, -0.25) is 9.20 Å². The van der Waals surface area contributed by atoms with Crippen LogP contribution in [0.1, 0.15) is 12.5 Å². The lowest BCUT2D eigenvalue weighted by atomic mass is 10.1. The summed E-state index contributed by atoms with van der Waals surface area (Å²) in [5.41, 5.74) is -0.728. The Hall–Kier alpha value is -2.26. The van der Waals surface area contributed by atoms with Gasteiger partial charge in [0.1, 0.15) is 0 Å². The smallest absolute Gasteiger partial charge is 0.325 e. The van der Waals surface area contributed by atoms with Crippen LogP contribution in [0.5, 0.6) is 0 Å². The van der Waals surface area contributed by atoms with Crippen LogP contribution in [0, 0.1) is 0 Å². The van der Waals surface area contributed by atoms with Crippen LogP contribution in [-0.4, -0.2) is 25.8 Å². The van der Waals surface area contributed by atoms with Gasteiger partial charge < -0.3 is 5.32 Å². The summed E-state index contributed by atoms with van der Waals surface area (Å²) < 4.78 is 41.1. The number of amides is 1. The number of benzene rings is 1. The van der Waals surface area contributed by atoms with Crippen molar-refractivity contribution in [2.24, 2.45) is 0 Å². The van der Waals surface area contributed by atoms with E-state index in [0.29, 0.717) is 10.8 Å². The molecule has 3 rings (SSSR count). The Bertz CT molecular complexity index is 960. The summed E-state index contributed by atoms with van der Waals surface area (Å²) in [6.45, 7) is 1.58. The third kappa shape index (κ3) is 3.94. The predicted octanol–water partition coefficient (Wildman–Crippen LogP) is 4.52. The molecule has 10 heteroatoms. The van der Waals surface area contributed by atoms with Crippen LogP contribution >= 0.6 is 23.4 Å². The van der Waals surface area contributed by atoms with Crippen LogP contribution < -0.4 is 5.32 Å². The van der Waals surface area contributed by atoms with Crippen LogP contribution in [0.15, 0.2) is 47.8 Å². The standard InChI is InChI=1S/C16H12ClF3N4OS/c1-9(26-15-23-22-13-4-2-3-7-24(13)15)14(25)21-12-6-5-10(17)8-11(12)16(18,19)20/h2-9H,1H3,(H,21,25). The van der Waals surface area contributed by atoms with Crippen molar-refractivity contribution in [1.82, 2.24) is 14.6 Å². The molecule has 1 N–H and O–H groups in total. The van der Waals surface area contributed by atoms with Crippen molar-refractivity contribution >= 4 is 40.6 Å². The molecule has 1 amide bonds. The monoisotopic (exact) mass is 400 g/mol. The molecule has 0 radical (unpaired) electrons. The highest BCUT2D eigenvalue weighted by atomic mass is 35.5. The fraction of sp³-hybridized carbons (Fsp3) is 0.188. The lowest BCUT2D eigenvalue weighted by Gasteiger charge is -2.16. The Labute approximate surface area is 155 Å². The molecule has 3 aromatic rings. The molecular weight excluding hydrogens is 389 g/mol.